The van der Waals surface area contributed by atoms with Crippen molar-refractivity contribution in [3.63, 3.8) is 0 Å². The van der Waals surface area contributed by atoms with Gasteiger partial charge in [0.1, 0.15) is 6.26 Å². The molecule has 6 rings (SSSR count). The summed E-state index contributed by atoms with van der Waals surface area (Å²) in [5.74, 6) is 0.759. The fourth-order valence-electron chi connectivity index (χ4n) is 5.65. The molecular weight excluding hydrogens is 509 g/mol. The van der Waals surface area contributed by atoms with E-state index in [1.54, 1.807) is 0 Å². The maximum absolute atomic E-state index is 6.85. The van der Waals surface area contributed by atoms with Gasteiger partial charge in [0.05, 0.1) is 28.6 Å². The molecule has 192 valence electrons. The number of rotatable bonds is 5. The van der Waals surface area contributed by atoms with Crippen LogP contribution in [0.1, 0.15) is 30.8 Å². The Morgan fingerprint density at radius 1 is 0.974 bits per heavy atom. The lowest BCUT2D eigenvalue weighted by Gasteiger charge is -2.34. The van der Waals surface area contributed by atoms with E-state index < -0.39 is 6.26 Å². The van der Waals surface area contributed by atoms with Gasteiger partial charge in [-0.3, -0.25) is 4.98 Å². The van der Waals surface area contributed by atoms with E-state index in [0.29, 0.717) is 13.0 Å². The SMILES string of the molecule is Cc1nn(-c2ccccc2)c2c1P(=S)(OCCc1ccccn1)/C(=C1/N(C)c3ccccc3C1(C)C)C=N2. The number of likely N-dealkylation sites (N-methyl/N-ethyl adjacent to an activating group) is 1. The van der Waals surface area contributed by atoms with Gasteiger partial charge in [0.2, 0.25) is 0 Å². The molecule has 0 aliphatic carbocycles. The van der Waals surface area contributed by atoms with Crippen molar-refractivity contribution in [2.45, 2.75) is 32.6 Å². The summed E-state index contributed by atoms with van der Waals surface area (Å²) < 4.78 is 8.75. The largest absolute Gasteiger partial charge is 0.346 e. The second kappa shape index (κ2) is 9.42. The molecule has 0 radical (unpaired) electrons. The first-order valence-electron chi connectivity index (χ1n) is 12.7. The molecule has 0 spiro atoms. The van der Waals surface area contributed by atoms with E-state index in [-0.39, 0.29) is 5.41 Å². The number of pyridine rings is 1. The lowest BCUT2D eigenvalue weighted by molar-refractivity contribution is 0.361. The minimum absolute atomic E-state index is 0.262. The topological polar surface area (TPSA) is 55.5 Å². The first-order valence-corrected chi connectivity index (χ1v) is 15.5. The van der Waals surface area contributed by atoms with Crippen LogP contribution in [0.25, 0.3) is 5.69 Å². The third-order valence-corrected chi connectivity index (χ3v) is 11.5. The van der Waals surface area contributed by atoms with Crippen molar-refractivity contribution in [1.82, 2.24) is 14.8 Å². The number of para-hydroxylation sites is 2. The number of nitrogens with zero attached hydrogens (tertiary/aromatic N) is 5. The number of anilines is 1. The molecule has 2 aromatic carbocycles. The van der Waals surface area contributed by atoms with E-state index in [9.17, 15) is 0 Å². The third kappa shape index (κ3) is 3.89. The van der Waals surface area contributed by atoms with E-state index in [2.05, 4.69) is 55.0 Å². The average molecular weight is 540 g/mol. The highest BCUT2D eigenvalue weighted by Gasteiger charge is 2.46. The summed E-state index contributed by atoms with van der Waals surface area (Å²) in [5, 5.41) is 6.84. The molecule has 0 saturated carbocycles. The van der Waals surface area contributed by atoms with Crippen LogP contribution in [0.15, 0.2) is 95.0 Å². The number of hydrogen-bond acceptors (Lipinski definition) is 6. The number of aliphatic imine (C=N–C) groups is 1. The maximum Gasteiger partial charge on any atom is 0.166 e. The zero-order chi connectivity index (χ0) is 26.5. The van der Waals surface area contributed by atoms with Crippen molar-refractivity contribution in [2.24, 2.45) is 4.99 Å². The summed E-state index contributed by atoms with van der Waals surface area (Å²) >= 11 is 6.64. The molecular formula is C30H30N5OPS. The van der Waals surface area contributed by atoms with Gasteiger partial charge in [-0.1, -0.05) is 68.1 Å². The van der Waals surface area contributed by atoms with Gasteiger partial charge in [-0.25, -0.2) is 9.67 Å². The van der Waals surface area contributed by atoms with E-state index >= 15 is 0 Å². The summed E-state index contributed by atoms with van der Waals surface area (Å²) in [6.07, 6.45) is 1.67. The highest BCUT2D eigenvalue weighted by atomic mass is 32.4. The summed E-state index contributed by atoms with van der Waals surface area (Å²) in [4.78, 5) is 11.7. The van der Waals surface area contributed by atoms with Gasteiger partial charge in [-0.2, -0.15) is 5.10 Å². The molecule has 1 unspecified atom stereocenters. The van der Waals surface area contributed by atoms with Gasteiger partial charge in [0.15, 0.2) is 5.82 Å². The fourth-order valence-corrected chi connectivity index (χ4v) is 9.58. The van der Waals surface area contributed by atoms with Crippen LogP contribution in [-0.2, 0) is 28.2 Å². The standard InChI is InChI=1S/C30H30N5OPS/c1-21-27-29(35(33-21)23-13-6-5-7-14-23)32-20-26(37(27,38)36-19-17-22-12-10-11-18-31-22)28-30(2,3)24-15-8-9-16-25(24)34(28)4/h5-16,18,20H,17,19H2,1-4H3/b28-26+. The van der Waals surface area contributed by atoms with Crippen molar-refractivity contribution >= 4 is 41.1 Å². The Morgan fingerprint density at radius 3 is 2.45 bits per heavy atom. The fraction of sp³-hybridized carbons (Fsp3) is 0.233. The van der Waals surface area contributed by atoms with Crippen LogP contribution in [0.3, 0.4) is 0 Å². The Labute approximate surface area is 228 Å². The van der Waals surface area contributed by atoms with Gasteiger partial charge >= 0.3 is 0 Å². The van der Waals surface area contributed by atoms with E-state index in [4.69, 9.17) is 26.4 Å². The van der Waals surface area contributed by atoms with Gasteiger partial charge in [0.25, 0.3) is 0 Å². The molecule has 0 saturated heterocycles. The summed E-state index contributed by atoms with van der Waals surface area (Å²) in [5.41, 5.74) is 6.13. The van der Waals surface area contributed by atoms with Crippen LogP contribution >= 0.6 is 6.26 Å². The predicted octanol–water partition coefficient (Wildman–Crippen LogP) is 6.21. The first-order chi connectivity index (χ1) is 18.3. The number of aromatic nitrogens is 3. The molecule has 2 aromatic heterocycles. The lowest BCUT2D eigenvalue weighted by Crippen LogP contribution is -2.28. The van der Waals surface area contributed by atoms with Crippen molar-refractivity contribution in [2.75, 3.05) is 18.6 Å². The molecule has 6 nitrogen and oxygen atoms in total. The molecule has 0 bridgehead atoms. The van der Waals surface area contributed by atoms with E-state index in [0.717, 1.165) is 39.2 Å². The van der Waals surface area contributed by atoms with Crippen molar-refractivity contribution < 1.29 is 4.52 Å². The van der Waals surface area contributed by atoms with Gasteiger partial charge in [0, 0.05) is 48.4 Å². The van der Waals surface area contributed by atoms with Crippen LogP contribution in [0.4, 0.5) is 11.5 Å². The average Bonchev–Trinajstić information content (AvgIpc) is 3.37. The Morgan fingerprint density at radius 2 is 1.71 bits per heavy atom. The van der Waals surface area contributed by atoms with Crippen molar-refractivity contribution in [3.05, 3.63) is 107 Å². The number of aryl methyl sites for hydroxylation is 1. The Kier molecular flexibility index (Phi) is 6.18. The molecule has 0 fully saturated rings. The Bertz CT molecular complexity index is 1630. The zero-order valence-electron chi connectivity index (χ0n) is 22.0. The number of hydrogen-bond donors (Lipinski definition) is 0. The van der Waals surface area contributed by atoms with Crippen molar-refractivity contribution in [1.29, 1.82) is 0 Å². The molecule has 4 aromatic rings. The van der Waals surface area contributed by atoms with E-state index in [1.807, 2.05) is 72.5 Å². The molecule has 0 N–H and O–H groups in total. The first kappa shape index (κ1) is 24.9. The molecule has 1 atom stereocenters. The smallest absolute Gasteiger partial charge is 0.166 e. The lowest BCUT2D eigenvalue weighted by atomic mass is 9.84. The second-order valence-electron chi connectivity index (χ2n) is 10.2. The summed E-state index contributed by atoms with van der Waals surface area (Å²) in [6, 6.07) is 24.6. The maximum atomic E-state index is 6.85. The van der Waals surface area contributed by atoms with Gasteiger partial charge in [-0.15, -0.1) is 0 Å². The highest BCUT2D eigenvalue weighted by molar-refractivity contribution is 8.18. The molecule has 0 amide bonds. The molecule has 4 heterocycles. The number of fused-ring (bicyclic) bond motifs is 2. The summed E-state index contributed by atoms with van der Waals surface area (Å²) in [7, 11) is 2.12. The van der Waals surface area contributed by atoms with Crippen LogP contribution in [-0.4, -0.2) is 34.6 Å². The number of benzene rings is 2. The van der Waals surface area contributed by atoms with Crippen LogP contribution in [0, 0.1) is 6.92 Å². The molecule has 38 heavy (non-hydrogen) atoms. The van der Waals surface area contributed by atoms with Gasteiger partial charge < -0.3 is 9.42 Å². The minimum atomic E-state index is -2.77. The van der Waals surface area contributed by atoms with Crippen molar-refractivity contribution in [3.8, 4) is 5.69 Å². The van der Waals surface area contributed by atoms with E-state index in [1.165, 1.54) is 11.3 Å². The minimum Gasteiger partial charge on any atom is -0.346 e. The predicted molar refractivity (Wildman–Crippen MR) is 159 cm³/mol. The monoisotopic (exact) mass is 539 g/mol. The Hall–Kier alpha value is -3.38. The van der Waals surface area contributed by atoms with Crippen LogP contribution < -0.4 is 10.2 Å². The molecule has 2 aliphatic rings. The number of allylic oxidation sites excluding steroid dienone is 2. The normalized spacial score (nSPS) is 21.4. The quantitative estimate of drug-likeness (QED) is 0.282. The Balaban J connectivity index is 1.53. The van der Waals surface area contributed by atoms with Gasteiger partial charge in [-0.05, 0) is 42.8 Å². The zero-order valence-corrected chi connectivity index (χ0v) is 23.7. The van der Waals surface area contributed by atoms with Crippen LogP contribution in [0.5, 0.6) is 0 Å². The molecule has 2 aliphatic heterocycles. The second-order valence-corrected chi connectivity index (χ2v) is 14.0. The molecule has 8 heteroatoms. The third-order valence-electron chi connectivity index (χ3n) is 7.39. The highest BCUT2D eigenvalue weighted by Crippen LogP contribution is 2.63. The van der Waals surface area contributed by atoms with Crippen LogP contribution in [0.2, 0.25) is 0 Å². The summed E-state index contributed by atoms with van der Waals surface area (Å²) in [6.45, 7) is 7.00.